The molecule has 2 aromatic rings. The number of carbonyl (C=O) groups excluding carboxylic acids is 1. The summed E-state index contributed by atoms with van der Waals surface area (Å²) in [7, 11) is 0. The predicted molar refractivity (Wildman–Crippen MR) is 98.3 cm³/mol. The molecule has 3 nitrogen and oxygen atoms in total. The van der Waals surface area contributed by atoms with Gasteiger partial charge in [0.15, 0.2) is 0 Å². The van der Waals surface area contributed by atoms with Crippen LogP contribution in [0.5, 0.6) is 0 Å². The number of allylic oxidation sites excluding steroid dienone is 2. The van der Waals surface area contributed by atoms with E-state index in [1.807, 2.05) is 25.1 Å². The van der Waals surface area contributed by atoms with Crippen LogP contribution in [0.25, 0.3) is 11.3 Å². The van der Waals surface area contributed by atoms with Crippen LogP contribution < -0.4 is 0 Å². The Morgan fingerprint density at radius 3 is 2.58 bits per heavy atom. The van der Waals surface area contributed by atoms with E-state index in [0.717, 1.165) is 29.8 Å². The van der Waals surface area contributed by atoms with Gasteiger partial charge in [-0.1, -0.05) is 57.2 Å². The third-order valence-electron chi connectivity index (χ3n) is 5.08. The summed E-state index contributed by atoms with van der Waals surface area (Å²) in [6.45, 7) is 8.62. The number of nitrogens with zero attached hydrogens (tertiary/aromatic N) is 2. The molecule has 2 atom stereocenters. The molecule has 0 amide bonds. The highest BCUT2D eigenvalue weighted by Crippen LogP contribution is 2.45. The van der Waals surface area contributed by atoms with Crippen LogP contribution in [0.1, 0.15) is 68.4 Å². The minimum absolute atomic E-state index is 0.0690. The molecule has 0 saturated carbocycles. The summed E-state index contributed by atoms with van der Waals surface area (Å²) in [5.41, 5.74) is 4.44. The van der Waals surface area contributed by atoms with Crippen LogP contribution in [0.2, 0.25) is 0 Å². The maximum Gasteiger partial charge on any atom is 0.271 e. The number of hydrogen-bond donors (Lipinski definition) is 0. The summed E-state index contributed by atoms with van der Waals surface area (Å²) < 4.78 is 1.62. The topological polar surface area (TPSA) is 34.9 Å². The van der Waals surface area contributed by atoms with Crippen molar-refractivity contribution in [3.8, 4) is 11.3 Å². The fourth-order valence-electron chi connectivity index (χ4n) is 3.81. The zero-order chi connectivity index (χ0) is 17.3. The Morgan fingerprint density at radius 2 is 1.96 bits per heavy atom. The number of rotatable bonds is 3. The molecule has 0 aliphatic heterocycles. The lowest BCUT2D eigenvalue weighted by atomic mass is 9.75. The lowest BCUT2D eigenvalue weighted by Gasteiger charge is -2.28. The first-order valence-electron chi connectivity index (χ1n) is 8.89. The highest BCUT2D eigenvalue weighted by atomic mass is 16.2. The van der Waals surface area contributed by atoms with Gasteiger partial charge in [0.05, 0.1) is 11.4 Å². The Hall–Kier alpha value is -2.16. The second-order valence-corrected chi connectivity index (χ2v) is 7.09. The van der Waals surface area contributed by atoms with Gasteiger partial charge < -0.3 is 0 Å². The summed E-state index contributed by atoms with van der Waals surface area (Å²) >= 11 is 0. The maximum atomic E-state index is 12.7. The molecule has 0 saturated heterocycles. The minimum atomic E-state index is -0.0690. The molecule has 0 radical (unpaired) electrons. The van der Waals surface area contributed by atoms with E-state index < -0.39 is 0 Å². The first-order chi connectivity index (χ1) is 11.5. The van der Waals surface area contributed by atoms with E-state index in [0.29, 0.717) is 17.8 Å². The molecule has 0 bridgehead atoms. The van der Waals surface area contributed by atoms with Crippen LogP contribution >= 0.6 is 0 Å². The van der Waals surface area contributed by atoms with E-state index in [1.54, 1.807) is 16.8 Å². The number of aromatic nitrogens is 2. The Balaban J connectivity index is 2.27. The quantitative estimate of drug-likeness (QED) is 0.709. The van der Waals surface area contributed by atoms with Gasteiger partial charge in [-0.2, -0.15) is 9.78 Å². The van der Waals surface area contributed by atoms with E-state index in [-0.39, 0.29) is 5.91 Å². The molecule has 1 aromatic heterocycles. The second kappa shape index (κ2) is 6.76. The lowest BCUT2D eigenvalue weighted by Crippen LogP contribution is -2.17. The molecular formula is C21H26N2O. The smallest absolute Gasteiger partial charge is 0.267 e. The fraction of sp³-hybridized carbons (Fsp3) is 0.429. The minimum Gasteiger partial charge on any atom is -0.267 e. The van der Waals surface area contributed by atoms with Crippen LogP contribution in [0.15, 0.2) is 42.5 Å². The fourth-order valence-corrected chi connectivity index (χ4v) is 3.81. The number of fused-ring (bicyclic) bond motifs is 1. The molecule has 3 heteroatoms. The standard InChI is InChI=1S/C21H26N2O/c1-5-9-18(24)23-21(16-10-7-6-8-11-16)19-15(4)12-13-17(14(2)3)20(19)22-23/h5-11,14-15,17H,12-13H2,1-4H3/b9-5+. The third kappa shape index (κ3) is 2.83. The second-order valence-electron chi connectivity index (χ2n) is 7.09. The Morgan fingerprint density at radius 1 is 1.25 bits per heavy atom. The van der Waals surface area contributed by atoms with Crippen molar-refractivity contribution in [2.75, 3.05) is 0 Å². The Labute approximate surface area is 144 Å². The van der Waals surface area contributed by atoms with Gasteiger partial charge in [-0.15, -0.1) is 0 Å². The molecule has 2 unspecified atom stereocenters. The van der Waals surface area contributed by atoms with Crippen molar-refractivity contribution in [1.29, 1.82) is 0 Å². The summed E-state index contributed by atoms with van der Waals surface area (Å²) in [5.74, 6) is 1.32. The van der Waals surface area contributed by atoms with Gasteiger partial charge in [-0.25, -0.2) is 0 Å². The van der Waals surface area contributed by atoms with Gasteiger partial charge in [-0.05, 0) is 31.6 Å². The molecule has 24 heavy (non-hydrogen) atoms. The molecule has 1 heterocycles. The first-order valence-corrected chi connectivity index (χ1v) is 8.89. The average molecular weight is 322 g/mol. The number of benzene rings is 1. The molecule has 1 aromatic carbocycles. The summed E-state index contributed by atoms with van der Waals surface area (Å²) in [4.78, 5) is 12.7. The SMILES string of the molecule is C/C=C/C(=O)n1nc2c(c1-c1ccccc1)C(C)CCC2C(C)C. The predicted octanol–water partition coefficient (Wildman–Crippen LogP) is 5.40. The highest BCUT2D eigenvalue weighted by Gasteiger charge is 2.34. The largest absolute Gasteiger partial charge is 0.271 e. The molecule has 126 valence electrons. The third-order valence-corrected chi connectivity index (χ3v) is 5.08. The van der Waals surface area contributed by atoms with Crippen LogP contribution in [-0.2, 0) is 0 Å². The van der Waals surface area contributed by atoms with E-state index in [9.17, 15) is 4.79 Å². The molecule has 0 N–H and O–H groups in total. The number of hydrogen-bond acceptors (Lipinski definition) is 2. The first kappa shape index (κ1) is 16.7. The summed E-state index contributed by atoms with van der Waals surface area (Å²) in [6, 6.07) is 10.2. The lowest BCUT2D eigenvalue weighted by molar-refractivity contribution is 0.0955. The van der Waals surface area contributed by atoms with Crippen LogP contribution in [0.3, 0.4) is 0 Å². The Bertz CT molecular complexity index is 756. The van der Waals surface area contributed by atoms with E-state index in [1.165, 1.54) is 5.56 Å². The van der Waals surface area contributed by atoms with Crippen molar-refractivity contribution >= 4 is 5.91 Å². The van der Waals surface area contributed by atoms with E-state index >= 15 is 0 Å². The number of carbonyl (C=O) groups is 1. The molecule has 3 rings (SSSR count). The highest BCUT2D eigenvalue weighted by molar-refractivity contribution is 5.93. The maximum absolute atomic E-state index is 12.7. The van der Waals surface area contributed by atoms with Crippen molar-refractivity contribution in [2.45, 2.75) is 52.4 Å². The zero-order valence-electron chi connectivity index (χ0n) is 15.0. The van der Waals surface area contributed by atoms with Gasteiger partial charge >= 0.3 is 0 Å². The average Bonchev–Trinajstić information content (AvgIpc) is 2.97. The van der Waals surface area contributed by atoms with E-state index in [2.05, 4.69) is 32.9 Å². The van der Waals surface area contributed by atoms with Gasteiger partial charge in [0.25, 0.3) is 5.91 Å². The normalized spacial score (nSPS) is 20.5. The van der Waals surface area contributed by atoms with Crippen molar-refractivity contribution in [2.24, 2.45) is 5.92 Å². The molecule has 1 aliphatic carbocycles. The molecular weight excluding hydrogens is 296 g/mol. The monoisotopic (exact) mass is 322 g/mol. The molecule has 0 fully saturated rings. The van der Waals surface area contributed by atoms with Gasteiger partial charge in [0.2, 0.25) is 0 Å². The summed E-state index contributed by atoms with van der Waals surface area (Å²) in [5, 5.41) is 4.81. The van der Waals surface area contributed by atoms with Gasteiger partial charge in [0, 0.05) is 23.1 Å². The van der Waals surface area contributed by atoms with Crippen molar-refractivity contribution < 1.29 is 4.79 Å². The van der Waals surface area contributed by atoms with Crippen LogP contribution in [-0.4, -0.2) is 15.7 Å². The van der Waals surface area contributed by atoms with Gasteiger partial charge in [0.1, 0.15) is 0 Å². The van der Waals surface area contributed by atoms with Crippen molar-refractivity contribution in [1.82, 2.24) is 9.78 Å². The zero-order valence-corrected chi connectivity index (χ0v) is 15.0. The molecule has 0 spiro atoms. The Kier molecular flexibility index (Phi) is 4.70. The van der Waals surface area contributed by atoms with Crippen LogP contribution in [0, 0.1) is 5.92 Å². The summed E-state index contributed by atoms with van der Waals surface area (Å²) in [6.07, 6.45) is 5.68. The van der Waals surface area contributed by atoms with E-state index in [4.69, 9.17) is 5.10 Å². The van der Waals surface area contributed by atoms with Crippen molar-refractivity contribution in [3.05, 3.63) is 53.7 Å². The molecule has 1 aliphatic rings. The van der Waals surface area contributed by atoms with Gasteiger partial charge in [-0.3, -0.25) is 4.79 Å². The van der Waals surface area contributed by atoms with Crippen molar-refractivity contribution in [3.63, 3.8) is 0 Å². The van der Waals surface area contributed by atoms with Crippen LogP contribution in [0.4, 0.5) is 0 Å².